The van der Waals surface area contributed by atoms with Crippen LogP contribution in [0.3, 0.4) is 0 Å². The maximum absolute atomic E-state index is 10.6. The quantitative estimate of drug-likeness (QED) is 0.509. The zero-order valence-corrected chi connectivity index (χ0v) is 10.6. The van der Waals surface area contributed by atoms with Crippen LogP contribution in [0.1, 0.15) is 5.56 Å². The molecule has 6 heteroatoms. The van der Waals surface area contributed by atoms with E-state index in [9.17, 15) is 15.2 Å². The number of non-ortho nitro benzene ring substituents is 1. The zero-order chi connectivity index (χ0) is 13.8. The standard InChI is InChI=1S/C13H11ClN2O3/c14-12-7-10(4-5-13(12)17)15-8-9-2-1-3-11(6-9)16(18)19/h1-7,15,17H,8H2. The summed E-state index contributed by atoms with van der Waals surface area (Å²) in [5, 5.41) is 23.3. The van der Waals surface area contributed by atoms with Gasteiger partial charge in [-0.3, -0.25) is 10.1 Å². The molecule has 0 radical (unpaired) electrons. The Morgan fingerprint density at radius 1 is 1.26 bits per heavy atom. The second-order valence-electron chi connectivity index (χ2n) is 3.95. The van der Waals surface area contributed by atoms with Crippen molar-refractivity contribution in [2.24, 2.45) is 0 Å². The number of nitro benzene ring substituents is 1. The third kappa shape index (κ3) is 3.35. The van der Waals surface area contributed by atoms with Gasteiger partial charge in [0.15, 0.2) is 0 Å². The first-order valence-corrected chi connectivity index (χ1v) is 5.90. The van der Waals surface area contributed by atoms with E-state index in [1.807, 2.05) is 0 Å². The maximum Gasteiger partial charge on any atom is 0.269 e. The minimum Gasteiger partial charge on any atom is -0.506 e. The largest absolute Gasteiger partial charge is 0.506 e. The van der Waals surface area contributed by atoms with Crippen molar-refractivity contribution in [3.63, 3.8) is 0 Å². The fraction of sp³-hybridized carbons (Fsp3) is 0.0769. The van der Waals surface area contributed by atoms with E-state index in [2.05, 4.69) is 5.32 Å². The van der Waals surface area contributed by atoms with Crippen molar-refractivity contribution in [1.29, 1.82) is 0 Å². The Morgan fingerprint density at radius 2 is 2.05 bits per heavy atom. The Balaban J connectivity index is 2.07. The summed E-state index contributed by atoms with van der Waals surface area (Å²) in [6, 6.07) is 11.1. The van der Waals surface area contributed by atoms with Gasteiger partial charge < -0.3 is 10.4 Å². The number of phenolic OH excluding ortho intramolecular Hbond substituents is 1. The number of hydrogen-bond acceptors (Lipinski definition) is 4. The molecule has 0 aromatic heterocycles. The summed E-state index contributed by atoms with van der Waals surface area (Å²) in [6.45, 7) is 0.433. The van der Waals surface area contributed by atoms with E-state index in [0.29, 0.717) is 6.54 Å². The summed E-state index contributed by atoms with van der Waals surface area (Å²) in [5.74, 6) is 0.0163. The number of aromatic hydroxyl groups is 1. The summed E-state index contributed by atoms with van der Waals surface area (Å²) in [7, 11) is 0. The molecule has 5 nitrogen and oxygen atoms in total. The topological polar surface area (TPSA) is 75.4 Å². The minimum absolute atomic E-state index is 0.0163. The van der Waals surface area contributed by atoms with Crippen molar-refractivity contribution in [3.8, 4) is 5.75 Å². The van der Waals surface area contributed by atoms with E-state index in [-0.39, 0.29) is 16.5 Å². The van der Waals surface area contributed by atoms with Gasteiger partial charge in [0.2, 0.25) is 0 Å². The van der Waals surface area contributed by atoms with Gasteiger partial charge >= 0.3 is 0 Å². The van der Waals surface area contributed by atoms with Crippen molar-refractivity contribution in [1.82, 2.24) is 0 Å². The first-order valence-electron chi connectivity index (χ1n) is 5.52. The summed E-state index contributed by atoms with van der Waals surface area (Å²) in [4.78, 5) is 10.2. The first-order chi connectivity index (χ1) is 9.06. The molecule has 0 fully saturated rings. The van der Waals surface area contributed by atoms with E-state index in [1.165, 1.54) is 18.2 Å². The summed E-state index contributed by atoms with van der Waals surface area (Å²) >= 11 is 5.78. The van der Waals surface area contributed by atoms with Crippen molar-refractivity contribution in [2.45, 2.75) is 6.54 Å². The molecule has 0 saturated carbocycles. The Kier molecular flexibility index (Phi) is 3.87. The van der Waals surface area contributed by atoms with Crippen LogP contribution in [0.4, 0.5) is 11.4 Å². The summed E-state index contributed by atoms with van der Waals surface area (Å²) in [6.07, 6.45) is 0. The molecule has 2 aromatic carbocycles. The minimum atomic E-state index is -0.430. The molecule has 0 atom stereocenters. The van der Waals surface area contributed by atoms with Gasteiger partial charge in [-0.25, -0.2) is 0 Å². The van der Waals surface area contributed by atoms with Crippen molar-refractivity contribution in [2.75, 3.05) is 5.32 Å². The molecule has 0 bridgehead atoms. The van der Waals surface area contributed by atoms with Crippen LogP contribution in [0.5, 0.6) is 5.75 Å². The SMILES string of the molecule is O=[N+]([O-])c1cccc(CNc2ccc(O)c(Cl)c2)c1. The molecule has 2 aromatic rings. The Hall–Kier alpha value is -2.27. The van der Waals surface area contributed by atoms with E-state index in [1.54, 1.807) is 24.3 Å². The first kappa shape index (κ1) is 13.2. The van der Waals surface area contributed by atoms with Gasteiger partial charge in [0.25, 0.3) is 5.69 Å². The molecule has 0 amide bonds. The van der Waals surface area contributed by atoms with Crippen LogP contribution in [0, 0.1) is 10.1 Å². The number of nitrogens with zero attached hydrogens (tertiary/aromatic N) is 1. The molecule has 2 N–H and O–H groups in total. The average molecular weight is 279 g/mol. The van der Waals surface area contributed by atoms with E-state index in [4.69, 9.17) is 11.6 Å². The molecule has 98 valence electrons. The number of anilines is 1. The van der Waals surface area contributed by atoms with Crippen molar-refractivity contribution in [3.05, 3.63) is 63.2 Å². The number of halogens is 1. The van der Waals surface area contributed by atoms with Crippen LogP contribution in [-0.2, 0) is 6.54 Å². The van der Waals surface area contributed by atoms with Gasteiger partial charge in [-0.1, -0.05) is 23.7 Å². The molecule has 0 aliphatic rings. The number of hydrogen-bond donors (Lipinski definition) is 2. The van der Waals surface area contributed by atoms with Crippen LogP contribution in [0.2, 0.25) is 5.02 Å². The molecule has 0 spiro atoms. The van der Waals surface area contributed by atoms with Crippen LogP contribution in [0.15, 0.2) is 42.5 Å². The van der Waals surface area contributed by atoms with Crippen LogP contribution in [0.25, 0.3) is 0 Å². The van der Waals surface area contributed by atoms with Crippen LogP contribution in [-0.4, -0.2) is 10.0 Å². The lowest BCUT2D eigenvalue weighted by molar-refractivity contribution is -0.384. The Morgan fingerprint density at radius 3 is 2.74 bits per heavy atom. The number of phenols is 1. The highest BCUT2D eigenvalue weighted by atomic mass is 35.5. The van der Waals surface area contributed by atoms with Gasteiger partial charge in [0.1, 0.15) is 5.75 Å². The highest BCUT2D eigenvalue weighted by molar-refractivity contribution is 6.32. The molecule has 0 aliphatic heterocycles. The smallest absolute Gasteiger partial charge is 0.269 e. The molecule has 0 unspecified atom stereocenters. The lowest BCUT2D eigenvalue weighted by Gasteiger charge is -2.07. The molecule has 0 saturated heterocycles. The van der Waals surface area contributed by atoms with E-state index < -0.39 is 4.92 Å². The lowest BCUT2D eigenvalue weighted by atomic mass is 10.2. The van der Waals surface area contributed by atoms with Crippen LogP contribution >= 0.6 is 11.6 Å². The maximum atomic E-state index is 10.6. The van der Waals surface area contributed by atoms with Crippen LogP contribution < -0.4 is 5.32 Å². The Labute approximate surface area is 114 Å². The third-order valence-corrected chi connectivity index (χ3v) is 2.87. The normalized spacial score (nSPS) is 10.2. The Bertz CT molecular complexity index is 617. The average Bonchev–Trinajstić information content (AvgIpc) is 2.40. The molecule has 2 rings (SSSR count). The second-order valence-corrected chi connectivity index (χ2v) is 4.35. The molecular formula is C13H11ClN2O3. The number of nitro groups is 1. The van der Waals surface area contributed by atoms with Gasteiger partial charge in [-0.2, -0.15) is 0 Å². The van der Waals surface area contributed by atoms with Gasteiger partial charge in [0.05, 0.1) is 9.95 Å². The van der Waals surface area contributed by atoms with E-state index >= 15 is 0 Å². The number of benzene rings is 2. The highest BCUT2D eigenvalue weighted by Gasteiger charge is 2.05. The van der Waals surface area contributed by atoms with Gasteiger partial charge in [-0.15, -0.1) is 0 Å². The van der Waals surface area contributed by atoms with Crippen molar-refractivity contribution < 1.29 is 10.0 Å². The predicted octanol–water partition coefficient (Wildman–Crippen LogP) is 3.57. The fourth-order valence-electron chi connectivity index (χ4n) is 1.60. The highest BCUT2D eigenvalue weighted by Crippen LogP contribution is 2.26. The molecular weight excluding hydrogens is 268 g/mol. The molecule has 0 heterocycles. The van der Waals surface area contributed by atoms with E-state index in [0.717, 1.165) is 11.3 Å². The zero-order valence-electron chi connectivity index (χ0n) is 9.84. The number of nitrogens with one attached hydrogen (secondary N) is 1. The fourth-order valence-corrected chi connectivity index (χ4v) is 1.78. The molecule has 19 heavy (non-hydrogen) atoms. The monoisotopic (exact) mass is 278 g/mol. The summed E-state index contributed by atoms with van der Waals surface area (Å²) < 4.78 is 0. The van der Waals surface area contributed by atoms with Gasteiger partial charge in [0, 0.05) is 24.4 Å². The third-order valence-electron chi connectivity index (χ3n) is 2.57. The molecule has 0 aliphatic carbocycles. The number of rotatable bonds is 4. The lowest BCUT2D eigenvalue weighted by Crippen LogP contribution is -2.00. The van der Waals surface area contributed by atoms with Crippen molar-refractivity contribution >= 4 is 23.0 Å². The second kappa shape index (κ2) is 5.58. The predicted molar refractivity (Wildman–Crippen MR) is 73.5 cm³/mol. The summed E-state index contributed by atoms with van der Waals surface area (Å²) in [5.41, 5.74) is 1.58. The van der Waals surface area contributed by atoms with Gasteiger partial charge in [-0.05, 0) is 23.8 Å².